The molecule has 3 aromatic carbocycles. The Morgan fingerprint density at radius 1 is 0.487 bits per heavy atom. The summed E-state index contributed by atoms with van der Waals surface area (Å²) in [6.45, 7) is 35.2. The minimum absolute atomic E-state index is 0.187. The second-order valence-corrected chi connectivity index (χ2v) is 33.6. The number of H-pyrrole nitrogens is 2. The van der Waals surface area contributed by atoms with Crippen LogP contribution in [0.5, 0.6) is 17.2 Å². The molecule has 4 fully saturated rings. The Morgan fingerprint density at radius 3 is 1.27 bits per heavy atom. The molecule has 113 heavy (non-hydrogen) atoms. The molecule has 0 unspecified atom stereocenters. The average molecular weight is 1900 g/mol. The third kappa shape index (κ3) is 21.4. The van der Waals surface area contributed by atoms with E-state index in [4.69, 9.17) is 86.2 Å². The van der Waals surface area contributed by atoms with Gasteiger partial charge in [0.25, 0.3) is 0 Å². The SMILES string of the molecule is CC1(C)O[B]OC1(C)C.CC1(C)O[B]OC1(C)C.CCn1nc(I)c2cc(Cl)ncc21.COc1c(B2OC(C)(C)C(C)(C)O2)cccc1-c1nnn(C)n1.COc1c(B2OC(C)(C)C(C)(C)O2)cccc1-c1nnn(C)n1.COc1c(Br)cccc1-c1nnn(C)n1.Clc1cc2c(I)[nH]nc2cn1.Clc1cc2cn[nH]c2cn1. The maximum Gasteiger partial charge on any atom is 0.498 e. The van der Waals surface area contributed by atoms with Gasteiger partial charge in [0.15, 0.2) is 0 Å². The summed E-state index contributed by atoms with van der Waals surface area (Å²) in [6, 6.07) is 22.6. The van der Waals surface area contributed by atoms with Gasteiger partial charge in [-0.1, -0.05) is 65.1 Å². The summed E-state index contributed by atoms with van der Waals surface area (Å²) >= 11 is 24.9. The van der Waals surface area contributed by atoms with Crippen molar-refractivity contribution in [3.8, 4) is 51.4 Å². The highest BCUT2D eigenvalue weighted by atomic mass is 127. The fourth-order valence-corrected chi connectivity index (χ4v) is 12.6. The van der Waals surface area contributed by atoms with Crippen LogP contribution >= 0.6 is 95.9 Å². The molecule has 42 heteroatoms. The van der Waals surface area contributed by atoms with E-state index in [-0.39, 0.29) is 22.4 Å². The molecular weight excluding hydrogens is 1810 g/mol. The average Bonchev–Trinajstić information content (AvgIpc) is 1.62. The third-order valence-corrected chi connectivity index (χ3v) is 22.6. The highest BCUT2D eigenvalue weighted by molar-refractivity contribution is 14.1. The summed E-state index contributed by atoms with van der Waals surface area (Å²) < 4.78 is 66.6. The van der Waals surface area contributed by atoms with Gasteiger partial charge in [0, 0.05) is 33.6 Å². The van der Waals surface area contributed by atoms with Crippen LogP contribution in [-0.2, 0) is 64.9 Å². The molecule has 2 N–H and O–H groups in total. The standard InChI is InChI=1S/2C15H21BN4O3.C9H9BrN4O.C8H7ClIN3.2C6H12BO2.C6H3ClIN3.C6H4ClN3/c2*1-14(2)15(3,4)23-16(22-14)11-9-7-8-10(12(11)21-6)13-17-19-20(5)18-13;1-14-12-9(11-13-14)6-4-3-5-7(10)8(6)15-2;1-2-13-6-4-11-7(9)3-5(6)8(10)12-13;2*1-5(2)6(3,4)9-7-8-5;7-5-1-3-4(2-9-5)10-11-6(3)8;7-6-1-4-2-9-10-5(4)3-8-6/h2*7-9H,1-6H3;3-5H,1-2H3;3-4H,2H2,1H3;2*1-4H3;1-2H,(H,10,11);1-3H,(H,9,10). The van der Waals surface area contributed by atoms with Crippen molar-refractivity contribution in [1.29, 1.82) is 0 Å². The van der Waals surface area contributed by atoms with Crippen molar-refractivity contribution in [2.45, 2.75) is 169 Å². The number of pyridine rings is 3. The Hall–Kier alpha value is -7.12. The van der Waals surface area contributed by atoms with E-state index in [0.717, 1.165) is 78.7 Å². The van der Waals surface area contributed by atoms with Gasteiger partial charge in [-0.05, 0) is 237 Å². The van der Waals surface area contributed by atoms with Crippen LogP contribution in [0, 0.1) is 7.40 Å². The maximum atomic E-state index is 6.12. The fraction of sp³-hybridized carbons (Fsp3) is 0.451. The van der Waals surface area contributed by atoms with Gasteiger partial charge >= 0.3 is 29.6 Å². The van der Waals surface area contributed by atoms with Crippen molar-refractivity contribution >= 4 is 169 Å². The first-order valence-corrected chi connectivity index (χ1v) is 39.3. The highest BCUT2D eigenvalue weighted by Crippen LogP contribution is 2.41. The number of ether oxygens (including phenoxy) is 3. The predicted molar refractivity (Wildman–Crippen MR) is 455 cm³/mol. The van der Waals surface area contributed by atoms with Crippen LogP contribution in [0.15, 0.2) is 102 Å². The monoisotopic (exact) mass is 1890 g/mol. The molecule has 12 aromatic rings. The molecule has 16 rings (SSSR count). The molecule has 9 aromatic heterocycles. The summed E-state index contributed by atoms with van der Waals surface area (Å²) in [6.07, 6.45) is 6.78. The van der Waals surface area contributed by atoms with Crippen LogP contribution in [0.2, 0.25) is 15.5 Å². The Morgan fingerprint density at radius 2 is 0.876 bits per heavy atom. The minimum atomic E-state index is -0.508. The van der Waals surface area contributed by atoms with Gasteiger partial charge in [-0.2, -0.15) is 29.7 Å². The van der Waals surface area contributed by atoms with Crippen LogP contribution in [0.25, 0.3) is 66.9 Å². The number of aryl methyl sites for hydroxylation is 4. The highest BCUT2D eigenvalue weighted by Gasteiger charge is 2.54. The molecule has 0 saturated carbocycles. The van der Waals surface area contributed by atoms with Gasteiger partial charge in [-0.25, -0.2) is 15.0 Å². The van der Waals surface area contributed by atoms with Crippen molar-refractivity contribution in [3.05, 3.63) is 125 Å². The van der Waals surface area contributed by atoms with Gasteiger partial charge < -0.3 is 51.4 Å². The number of methoxy groups -OCH3 is 3. The Labute approximate surface area is 708 Å². The molecule has 32 nitrogen and oxygen atoms in total. The quantitative estimate of drug-likeness (QED) is 0.0770. The summed E-state index contributed by atoms with van der Waals surface area (Å²) in [7, 11) is 11.8. The number of aromatic amines is 2. The number of para-hydroxylation sites is 3. The zero-order valence-electron chi connectivity index (χ0n) is 67.0. The molecule has 4 aliphatic heterocycles. The number of tetrazole rings is 3. The van der Waals surface area contributed by atoms with E-state index in [1.807, 2.05) is 176 Å². The molecule has 4 aliphatic rings. The topological polar surface area (TPSA) is 346 Å². The first kappa shape index (κ1) is 89.8. The number of rotatable bonds is 9. The molecule has 2 radical (unpaired) electrons. The van der Waals surface area contributed by atoms with Crippen molar-refractivity contribution < 1.29 is 51.4 Å². The minimum Gasteiger partial charge on any atom is -0.496 e. The van der Waals surface area contributed by atoms with Gasteiger partial charge in [-0.3, -0.25) is 14.9 Å². The number of aromatic nitrogens is 21. The van der Waals surface area contributed by atoms with E-state index in [1.54, 1.807) is 79.4 Å². The molecule has 4 saturated heterocycles. The summed E-state index contributed by atoms with van der Waals surface area (Å²) in [4.78, 5) is 16.0. The van der Waals surface area contributed by atoms with Crippen LogP contribution in [-0.4, -0.2) is 201 Å². The zero-order chi connectivity index (χ0) is 83.0. The number of hydrogen-bond donors (Lipinski definition) is 2. The molecule has 0 aliphatic carbocycles. The number of hydrogen-bond acceptors (Lipinski definition) is 26. The largest absolute Gasteiger partial charge is 0.498 e. The summed E-state index contributed by atoms with van der Waals surface area (Å²) in [5.41, 5.74) is 4.35. The number of halogens is 6. The van der Waals surface area contributed by atoms with Crippen molar-refractivity contribution in [2.24, 2.45) is 21.1 Å². The van der Waals surface area contributed by atoms with Gasteiger partial charge in [0.1, 0.15) is 45.6 Å². The molecule has 0 spiro atoms. The van der Waals surface area contributed by atoms with Crippen LogP contribution < -0.4 is 25.1 Å². The van der Waals surface area contributed by atoms with Gasteiger partial charge in [-0.15, -0.1) is 30.6 Å². The molecule has 0 amide bonds. The van der Waals surface area contributed by atoms with Crippen molar-refractivity contribution in [3.63, 3.8) is 0 Å². The summed E-state index contributed by atoms with van der Waals surface area (Å²) in [5.74, 6) is 3.55. The molecule has 0 atom stereocenters. The smallest absolute Gasteiger partial charge is 0.496 e. The van der Waals surface area contributed by atoms with E-state index in [2.05, 4.69) is 155 Å². The van der Waals surface area contributed by atoms with Crippen molar-refractivity contribution in [2.75, 3.05) is 21.3 Å². The maximum absolute atomic E-state index is 6.12. The molecular formula is C71H89B4BrCl3I2N21O11. The van der Waals surface area contributed by atoms with E-state index >= 15 is 0 Å². The lowest BCUT2D eigenvalue weighted by Crippen LogP contribution is -2.41. The first-order valence-electron chi connectivity index (χ1n) is 35.2. The predicted octanol–water partition coefficient (Wildman–Crippen LogP) is 12.8. The lowest BCUT2D eigenvalue weighted by Gasteiger charge is -2.32. The molecule has 0 bridgehead atoms. The molecule has 598 valence electrons. The first-order chi connectivity index (χ1) is 53.0. The molecule has 13 heterocycles. The van der Waals surface area contributed by atoms with E-state index < -0.39 is 36.6 Å². The van der Waals surface area contributed by atoms with Gasteiger partial charge in [0.2, 0.25) is 17.5 Å². The number of fused-ring (bicyclic) bond motifs is 3. The normalized spacial score (nSPS) is 17.1. The number of nitrogens with one attached hydrogen (secondary N) is 2. The Balaban J connectivity index is 0.000000152. The van der Waals surface area contributed by atoms with Crippen LogP contribution in [0.3, 0.4) is 0 Å². The van der Waals surface area contributed by atoms with Crippen LogP contribution in [0.4, 0.5) is 0 Å². The van der Waals surface area contributed by atoms with Crippen LogP contribution in [0.1, 0.15) is 118 Å². The second-order valence-electron chi connectivity index (χ2n) is 29.5. The van der Waals surface area contributed by atoms with E-state index in [0.29, 0.717) is 50.2 Å². The van der Waals surface area contributed by atoms with Gasteiger partial charge in [0.05, 0.1) is 144 Å². The fourth-order valence-electron chi connectivity index (χ4n) is 10.3. The summed E-state index contributed by atoms with van der Waals surface area (Å²) in [5, 5.41) is 58.6. The number of nitrogens with zero attached hydrogens (tertiary/aromatic N) is 19. The van der Waals surface area contributed by atoms with E-state index in [1.165, 1.54) is 29.8 Å². The van der Waals surface area contributed by atoms with Crippen molar-refractivity contribution in [1.82, 2.24) is 106 Å². The Bertz CT molecular complexity index is 5010. The lowest BCUT2D eigenvalue weighted by atomic mass is 9.77. The zero-order valence-corrected chi connectivity index (χ0v) is 75.2. The van der Waals surface area contributed by atoms with E-state index in [9.17, 15) is 0 Å². The Kier molecular flexibility index (Phi) is 29.4. The lowest BCUT2D eigenvalue weighted by molar-refractivity contribution is 0.00578. The number of benzene rings is 3. The third-order valence-electron chi connectivity index (χ3n) is 19.7. The second kappa shape index (κ2) is 37.0.